The lowest BCUT2D eigenvalue weighted by molar-refractivity contribution is -0.0200. The van der Waals surface area contributed by atoms with Crippen LogP contribution in [0.25, 0.3) is 0 Å². The molecule has 1 heterocycles. The normalized spacial score (nSPS) is 14.5. The first kappa shape index (κ1) is 15.2. The Morgan fingerprint density at radius 3 is 2.45 bits per heavy atom. The average Bonchev–Trinajstić information content (AvgIpc) is 2.82. The van der Waals surface area contributed by atoms with E-state index in [0.29, 0.717) is 0 Å². The van der Waals surface area contributed by atoms with Gasteiger partial charge in [-0.25, -0.2) is 0 Å². The number of methoxy groups -OCH3 is 1. The van der Waals surface area contributed by atoms with Crippen LogP contribution in [-0.4, -0.2) is 22.0 Å². The SMILES string of the molecule is COC(c1ccccc1)C(O)c1c(Br)cnn1C(C)C. The molecule has 1 N–H and O–H groups in total. The molecule has 20 heavy (non-hydrogen) atoms. The fourth-order valence-corrected chi connectivity index (χ4v) is 2.78. The van der Waals surface area contributed by atoms with Gasteiger partial charge in [-0.2, -0.15) is 5.10 Å². The highest BCUT2D eigenvalue weighted by molar-refractivity contribution is 9.10. The summed E-state index contributed by atoms with van der Waals surface area (Å²) in [5, 5.41) is 15.0. The van der Waals surface area contributed by atoms with Crippen molar-refractivity contribution >= 4 is 15.9 Å². The molecule has 0 aliphatic rings. The molecule has 5 heteroatoms. The molecule has 1 aromatic heterocycles. The van der Waals surface area contributed by atoms with E-state index in [1.165, 1.54) is 0 Å². The molecule has 0 fully saturated rings. The molecule has 0 aliphatic carbocycles. The number of aliphatic hydroxyl groups excluding tert-OH is 1. The molecule has 2 unspecified atom stereocenters. The summed E-state index contributed by atoms with van der Waals surface area (Å²) in [5.74, 6) is 0. The van der Waals surface area contributed by atoms with Crippen LogP contribution in [0.4, 0.5) is 0 Å². The maximum atomic E-state index is 10.7. The van der Waals surface area contributed by atoms with Gasteiger partial charge in [0.05, 0.1) is 16.4 Å². The predicted molar refractivity (Wildman–Crippen MR) is 81.5 cm³/mol. The average molecular weight is 339 g/mol. The molecular formula is C15H19BrN2O2. The van der Waals surface area contributed by atoms with Crippen molar-refractivity contribution in [3.63, 3.8) is 0 Å². The van der Waals surface area contributed by atoms with Crippen LogP contribution >= 0.6 is 15.9 Å². The van der Waals surface area contributed by atoms with Crippen LogP contribution in [0.3, 0.4) is 0 Å². The van der Waals surface area contributed by atoms with E-state index in [4.69, 9.17) is 4.74 Å². The van der Waals surface area contributed by atoms with Gasteiger partial charge < -0.3 is 9.84 Å². The lowest BCUT2D eigenvalue weighted by atomic mass is 10.0. The van der Waals surface area contributed by atoms with E-state index < -0.39 is 12.2 Å². The quantitative estimate of drug-likeness (QED) is 0.905. The molecule has 0 aliphatic heterocycles. The highest BCUT2D eigenvalue weighted by atomic mass is 79.9. The zero-order valence-electron chi connectivity index (χ0n) is 11.8. The number of ether oxygens (including phenoxy) is 1. The van der Waals surface area contributed by atoms with Gasteiger partial charge in [0.1, 0.15) is 12.2 Å². The lowest BCUT2D eigenvalue weighted by Crippen LogP contribution is -2.18. The van der Waals surface area contributed by atoms with E-state index in [1.54, 1.807) is 13.3 Å². The van der Waals surface area contributed by atoms with Crippen molar-refractivity contribution in [2.24, 2.45) is 0 Å². The van der Waals surface area contributed by atoms with Crippen LogP contribution in [0.2, 0.25) is 0 Å². The topological polar surface area (TPSA) is 47.3 Å². The Labute approximate surface area is 127 Å². The minimum atomic E-state index is -0.790. The summed E-state index contributed by atoms with van der Waals surface area (Å²) >= 11 is 3.46. The van der Waals surface area contributed by atoms with Gasteiger partial charge >= 0.3 is 0 Å². The molecule has 108 valence electrons. The second-order valence-corrected chi connectivity index (χ2v) is 5.78. The van der Waals surface area contributed by atoms with E-state index in [9.17, 15) is 5.11 Å². The second kappa shape index (κ2) is 6.52. The number of hydrogen-bond acceptors (Lipinski definition) is 3. The van der Waals surface area contributed by atoms with Crippen molar-refractivity contribution in [3.05, 3.63) is 52.3 Å². The smallest absolute Gasteiger partial charge is 0.127 e. The Morgan fingerprint density at radius 2 is 1.90 bits per heavy atom. The van der Waals surface area contributed by atoms with E-state index in [0.717, 1.165) is 15.7 Å². The number of rotatable bonds is 5. The van der Waals surface area contributed by atoms with E-state index in [2.05, 4.69) is 21.0 Å². The fourth-order valence-electron chi connectivity index (χ4n) is 2.27. The number of nitrogens with zero attached hydrogens (tertiary/aromatic N) is 2. The number of hydrogen-bond donors (Lipinski definition) is 1. The van der Waals surface area contributed by atoms with Gasteiger partial charge in [-0.05, 0) is 35.3 Å². The molecular weight excluding hydrogens is 320 g/mol. The highest BCUT2D eigenvalue weighted by Gasteiger charge is 2.28. The van der Waals surface area contributed by atoms with Gasteiger partial charge in [-0.15, -0.1) is 0 Å². The Balaban J connectivity index is 2.39. The minimum absolute atomic E-state index is 0.166. The maximum Gasteiger partial charge on any atom is 0.127 e. The largest absolute Gasteiger partial charge is 0.384 e. The van der Waals surface area contributed by atoms with Gasteiger partial charge in [0.2, 0.25) is 0 Å². The molecule has 1 aromatic carbocycles. The summed E-state index contributed by atoms with van der Waals surface area (Å²) in [6.07, 6.45) is 0.486. The molecule has 0 radical (unpaired) electrons. The molecule has 0 bridgehead atoms. The van der Waals surface area contributed by atoms with Gasteiger partial charge in [-0.1, -0.05) is 30.3 Å². The third kappa shape index (κ3) is 2.95. The van der Waals surface area contributed by atoms with E-state index in [-0.39, 0.29) is 6.04 Å². The maximum absolute atomic E-state index is 10.7. The first-order chi connectivity index (χ1) is 9.56. The Hall–Kier alpha value is -1.17. The zero-order chi connectivity index (χ0) is 14.7. The fraction of sp³-hybridized carbons (Fsp3) is 0.400. The first-order valence-electron chi connectivity index (χ1n) is 6.55. The molecule has 0 spiro atoms. The highest BCUT2D eigenvalue weighted by Crippen LogP contribution is 2.36. The number of aromatic nitrogens is 2. The molecule has 2 atom stereocenters. The number of aliphatic hydroxyl groups is 1. The van der Waals surface area contributed by atoms with Gasteiger partial charge in [-0.3, -0.25) is 4.68 Å². The van der Waals surface area contributed by atoms with Gasteiger partial charge in [0.15, 0.2) is 0 Å². The molecule has 2 rings (SSSR count). The van der Waals surface area contributed by atoms with Crippen molar-refractivity contribution in [3.8, 4) is 0 Å². The Bertz CT molecular complexity index is 554. The lowest BCUT2D eigenvalue weighted by Gasteiger charge is -2.24. The molecule has 4 nitrogen and oxygen atoms in total. The predicted octanol–water partition coefficient (Wildman–Crippen LogP) is 3.65. The summed E-state index contributed by atoms with van der Waals surface area (Å²) in [4.78, 5) is 0. The first-order valence-corrected chi connectivity index (χ1v) is 7.34. The van der Waals surface area contributed by atoms with Gasteiger partial charge in [0.25, 0.3) is 0 Å². The summed E-state index contributed by atoms with van der Waals surface area (Å²) in [6.45, 7) is 4.06. The summed E-state index contributed by atoms with van der Waals surface area (Å²) in [7, 11) is 1.60. The van der Waals surface area contributed by atoms with Crippen molar-refractivity contribution < 1.29 is 9.84 Å². The van der Waals surface area contributed by atoms with Crippen LogP contribution in [0.5, 0.6) is 0 Å². The van der Waals surface area contributed by atoms with Crippen LogP contribution < -0.4 is 0 Å². The van der Waals surface area contributed by atoms with Crippen molar-refractivity contribution in [2.45, 2.75) is 32.1 Å². The van der Waals surface area contributed by atoms with Crippen LogP contribution in [0.1, 0.15) is 43.4 Å². The Morgan fingerprint density at radius 1 is 1.25 bits per heavy atom. The number of benzene rings is 1. The standard InChI is InChI=1S/C15H19BrN2O2/c1-10(2)18-13(12(16)9-17-18)14(19)15(20-3)11-7-5-4-6-8-11/h4-10,14-15,19H,1-3H3. The number of halogens is 1. The summed E-state index contributed by atoms with van der Waals surface area (Å²) in [6, 6.07) is 9.87. The molecule has 0 saturated heterocycles. The summed E-state index contributed by atoms with van der Waals surface area (Å²) in [5.41, 5.74) is 1.67. The van der Waals surface area contributed by atoms with Crippen LogP contribution in [0, 0.1) is 0 Å². The summed E-state index contributed by atoms with van der Waals surface area (Å²) < 4.78 is 8.10. The van der Waals surface area contributed by atoms with E-state index in [1.807, 2.05) is 48.9 Å². The second-order valence-electron chi connectivity index (χ2n) is 4.93. The van der Waals surface area contributed by atoms with Crippen molar-refractivity contribution in [2.75, 3.05) is 7.11 Å². The zero-order valence-corrected chi connectivity index (χ0v) is 13.4. The van der Waals surface area contributed by atoms with Gasteiger partial charge in [0, 0.05) is 13.2 Å². The van der Waals surface area contributed by atoms with Crippen LogP contribution in [-0.2, 0) is 4.74 Å². The van der Waals surface area contributed by atoms with E-state index >= 15 is 0 Å². The monoisotopic (exact) mass is 338 g/mol. The van der Waals surface area contributed by atoms with Crippen molar-refractivity contribution in [1.82, 2.24) is 9.78 Å². The molecule has 0 amide bonds. The van der Waals surface area contributed by atoms with Crippen LogP contribution in [0.15, 0.2) is 41.0 Å². The third-order valence-electron chi connectivity index (χ3n) is 3.23. The molecule has 0 saturated carbocycles. The minimum Gasteiger partial charge on any atom is -0.384 e. The third-order valence-corrected chi connectivity index (χ3v) is 3.84. The van der Waals surface area contributed by atoms with Crippen molar-refractivity contribution in [1.29, 1.82) is 0 Å². The molecule has 2 aromatic rings. The Kier molecular flexibility index (Phi) is 4.96.